The minimum absolute atomic E-state index is 0.0196. The van der Waals surface area contributed by atoms with Crippen LogP contribution in [0.2, 0.25) is 0 Å². The molecule has 0 saturated carbocycles. The van der Waals surface area contributed by atoms with E-state index in [4.69, 9.17) is 9.47 Å². The van der Waals surface area contributed by atoms with Gasteiger partial charge in [-0.05, 0) is 32.0 Å². The number of carbonyl (C=O) groups excluding carboxylic acids is 1. The molecule has 3 aromatic rings. The van der Waals surface area contributed by atoms with Gasteiger partial charge in [0.1, 0.15) is 12.1 Å². The molecular formula is C22H23N3O3. The Morgan fingerprint density at radius 2 is 1.93 bits per heavy atom. The Balaban J connectivity index is 1.84. The van der Waals surface area contributed by atoms with Gasteiger partial charge in [-0.2, -0.15) is 0 Å². The highest BCUT2D eigenvalue weighted by molar-refractivity contribution is 5.94. The molecule has 0 saturated heterocycles. The van der Waals surface area contributed by atoms with Crippen LogP contribution in [0.15, 0.2) is 54.9 Å². The predicted octanol–water partition coefficient (Wildman–Crippen LogP) is 4.14. The molecule has 1 aliphatic heterocycles. The summed E-state index contributed by atoms with van der Waals surface area (Å²) < 4.78 is 13.5. The van der Waals surface area contributed by atoms with E-state index in [1.165, 1.54) is 0 Å². The van der Waals surface area contributed by atoms with Crippen molar-refractivity contribution in [2.24, 2.45) is 0 Å². The molecule has 0 spiro atoms. The fourth-order valence-electron chi connectivity index (χ4n) is 3.58. The third-order valence-corrected chi connectivity index (χ3v) is 4.77. The Labute approximate surface area is 164 Å². The molecule has 1 aromatic heterocycles. The van der Waals surface area contributed by atoms with Crippen molar-refractivity contribution in [3.05, 3.63) is 66.1 Å². The van der Waals surface area contributed by atoms with Gasteiger partial charge >= 0.3 is 0 Å². The summed E-state index contributed by atoms with van der Waals surface area (Å²) in [5, 5.41) is 2.99. The lowest BCUT2D eigenvalue weighted by Crippen LogP contribution is -2.25. The predicted molar refractivity (Wildman–Crippen MR) is 107 cm³/mol. The van der Waals surface area contributed by atoms with Crippen LogP contribution in [0.1, 0.15) is 37.4 Å². The third kappa shape index (κ3) is 3.22. The second-order valence-electron chi connectivity index (χ2n) is 7.03. The van der Waals surface area contributed by atoms with Gasteiger partial charge in [0.2, 0.25) is 5.91 Å². The lowest BCUT2D eigenvalue weighted by molar-refractivity contribution is -0.116. The number of rotatable bonds is 5. The Bertz CT molecular complexity index is 996. The number of nitrogens with one attached hydrogen (secondary N) is 1. The van der Waals surface area contributed by atoms with E-state index in [2.05, 4.69) is 10.3 Å². The quantitative estimate of drug-likeness (QED) is 0.726. The lowest BCUT2D eigenvalue weighted by Gasteiger charge is -2.26. The fraction of sp³-hybridized carbons (Fsp3) is 0.273. The number of methoxy groups -OCH3 is 1. The van der Waals surface area contributed by atoms with E-state index in [-0.39, 0.29) is 17.9 Å². The van der Waals surface area contributed by atoms with Gasteiger partial charge in [-0.1, -0.05) is 30.3 Å². The Morgan fingerprint density at radius 3 is 2.64 bits per heavy atom. The van der Waals surface area contributed by atoms with Gasteiger partial charge in [0.25, 0.3) is 0 Å². The molecule has 4 rings (SSSR count). The maximum atomic E-state index is 12.6. The zero-order valence-corrected chi connectivity index (χ0v) is 16.2. The first-order valence-electron chi connectivity index (χ1n) is 9.34. The topological polar surface area (TPSA) is 65.4 Å². The molecule has 0 aliphatic carbocycles. The number of imidazole rings is 1. The molecule has 1 amide bonds. The van der Waals surface area contributed by atoms with Crippen molar-refractivity contribution in [3.8, 4) is 17.2 Å². The maximum absolute atomic E-state index is 12.6. The van der Waals surface area contributed by atoms with E-state index in [0.29, 0.717) is 23.7 Å². The SMILES string of the molecule is COc1cccc([C@@H]2CC(=O)Nc3c2ncn3-c2ccccc2)c1OC(C)C. The van der Waals surface area contributed by atoms with Crippen molar-refractivity contribution < 1.29 is 14.3 Å². The van der Waals surface area contributed by atoms with Crippen LogP contribution in [-0.2, 0) is 4.79 Å². The van der Waals surface area contributed by atoms with Crippen molar-refractivity contribution in [1.29, 1.82) is 0 Å². The summed E-state index contributed by atoms with van der Waals surface area (Å²) in [6.07, 6.45) is 2.04. The number of aromatic nitrogens is 2. The number of benzene rings is 2. The van der Waals surface area contributed by atoms with Crippen LogP contribution in [0.25, 0.3) is 5.69 Å². The first-order chi connectivity index (χ1) is 13.6. The average Bonchev–Trinajstić information content (AvgIpc) is 3.11. The van der Waals surface area contributed by atoms with Crippen LogP contribution in [0.4, 0.5) is 5.82 Å². The van der Waals surface area contributed by atoms with E-state index in [1.807, 2.05) is 66.9 Å². The van der Waals surface area contributed by atoms with Crippen molar-refractivity contribution in [2.75, 3.05) is 12.4 Å². The molecule has 144 valence electrons. The van der Waals surface area contributed by atoms with E-state index >= 15 is 0 Å². The molecule has 0 bridgehead atoms. The van der Waals surface area contributed by atoms with Gasteiger partial charge in [-0.15, -0.1) is 0 Å². The van der Waals surface area contributed by atoms with Crippen molar-refractivity contribution in [1.82, 2.24) is 9.55 Å². The second-order valence-corrected chi connectivity index (χ2v) is 7.03. The van der Waals surface area contributed by atoms with Gasteiger partial charge in [0, 0.05) is 23.6 Å². The summed E-state index contributed by atoms with van der Waals surface area (Å²) >= 11 is 0. The molecule has 28 heavy (non-hydrogen) atoms. The molecule has 1 atom stereocenters. The van der Waals surface area contributed by atoms with Crippen molar-refractivity contribution in [3.63, 3.8) is 0 Å². The zero-order valence-electron chi connectivity index (χ0n) is 16.2. The average molecular weight is 377 g/mol. The second kappa shape index (κ2) is 7.38. The monoisotopic (exact) mass is 377 g/mol. The normalized spacial score (nSPS) is 15.9. The van der Waals surface area contributed by atoms with E-state index in [0.717, 1.165) is 16.9 Å². The van der Waals surface area contributed by atoms with Crippen LogP contribution in [0, 0.1) is 0 Å². The highest BCUT2D eigenvalue weighted by Gasteiger charge is 2.33. The number of nitrogens with zero attached hydrogens (tertiary/aromatic N) is 2. The Hall–Kier alpha value is -3.28. The summed E-state index contributed by atoms with van der Waals surface area (Å²) in [5.74, 6) is 1.76. The molecule has 2 aromatic carbocycles. The first-order valence-corrected chi connectivity index (χ1v) is 9.34. The number of ether oxygens (including phenoxy) is 2. The van der Waals surface area contributed by atoms with E-state index < -0.39 is 0 Å². The Morgan fingerprint density at radius 1 is 1.14 bits per heavy atom. The summed E-state index contributed by atoms with van der Waals surface area (Å²) in [6, 6.07) is 15.6. The van der Waals surface area contributed by atoms with Crippen LogP contribution in [-0.4, -0.2) is 28.7 Å². The summed E-state index contributed by atoms with van der Waals surface area (Å²) in [5.41, 5.74) is 2.68. The van der Waals surface area contributed by atoms with Gasteiger partial charge < -0.3 is 14.8 Å². The molecule has 6 nitrogen and oxygen atoms in total. The van der Waals surface area contributed by atoms with Crippen LogP contribution < -0.4 is 14.8 Å². The highest BCUT2D eigenvalue weighted by Crippen LogP contribution is 2.44. The molecule has 1 aliphatic rings. The van der Waals surface area contributed by atoms with Gasteiger partial charge in [0.15, 0.2) is 11.5 Å². The van der Waals surface area contributed by atoms with Gasteiger partial charge in [-0.3, -0.25) is 9.36 Å². The van der Waals surface area contributed by atoms with Crippen molar-refractivity contribution >= 4 is 11.7 Å². The number of para-hydroxylation sites is 2. The molecule has 0 radical (unpaired) electrons. The summed E-state index contributed by atoms with van der Waals surface area (Å²) in [6.45, 7) is 3.94. The standard InChI is InChI=1S/C22H23N3O3/c1-14(2)28-21-16(10-7-11-18(21)27-3)17-12-19(26)24-22-20(17)23-13-25(22)15-8-5-4-6-9-15/h4-11,13-14,17H,12H2,1-3H3,(H,24,26)/t17-/m0/s1. The number of amides is 1. The van der Waals surface area contributed by atoms with Crippen LogP contribution in [0.3, 0.4) is 0 Å². The summed E-state index contributed by atoms with van der Waals surface area (Å²) in [7, 11) is 1.62. The first kappa shape index (κ1) is 18.1. The van der Waals surface area contributed by atoms with Crippen LogP contribution in [0.5, 0.6) is 11.5 Å². The minimum Gasteiger partial charge on any atom is -0.493 e. The molecule has 0 unspecified atom stereocenters. The molecule has 6 heteroatoms. The fourth-order valence-corrected chi connectivity index (χ4v) is 3.58. The number of anilines is 1. The molecule has 2 heterocycles. The number of hydrogen-bond acceptors (Lipinski definition) is 4. The molecule has 1 N–H and O–H groups in total. The van der Waals surface area contributed by atoms with E-state index in [1.54, 1.807) is 13.4 Å². The van der Waals surface area contributed by atoms with Crippen LogP contribution >= 0.6 is 0 Å². The number of hydrogen-bond donors (Lipinski definition) is 1. The zero-order chi connectivity index (χ0) is 19.7. The minimum atomic E-state index is -0.211. The van der Waals surface area contributed by atoms with Crippen molar-refractivity contribution in [2.45, 2.75) is 32.3 Å². The molecular weight excluding hydrogens is 354 g/mol. The Kier molecular flexibility index (Phi) is 4.77. The molecule has 0 fully saturated rings. The van der Waals surface area contributed by atoms with Gasteiger partial charge in [-0.25, -0.2) is 4.98 Å². The lowest BCUT2D eigenvalue weighted by atomic mass is 9.89. The summed E-state index contributed by atoms with van der Waals surface area (Å²) in [4.78, 5) is 17.2. The van der Waals surface area contributed by atoms with Gasteiger partial charge in [0.05, 0.1) is 18.9 Å². The smallest absolute Gasteiger partial charge is 0.226 e. The maximum Gasteiger partial charge on any atom is 0.226 e. The largest absolute Gasteiger partial charge is 0.493 e. The van der Waals surface area contributed by atoms with E-state index in [9.17, 15) is 4.79 Å². The highest BCUT2D eigenvalue weighted by atomic mass is 16.5. The number of fused-ring (bicyclic) bond motifs is 1. The number of carbonyl (C=O) groups is 1. The third-order valence-electron chi connectivity index (χ3n) is 4.77.